The highest BCUT2D eigenvalue weighted by Crippen LogP contribution is 2.16. The van der Waals surface area contributed by atoms with Crippen LogP contribution in [0, 0.1) is 5.92 Å². The van der Waals surface area contributed by atoms with Gasteiger partial charge in [0.05, 0.1) is 17.4 Å². The van der Waals surface area contributed by atoms with Crippen molar-refractivity contribution in [3.63, 3.8) is 0 Å². The highest BCUT2D eigenvalue weighted by atomic mass is 32.1. The number of thiocarbonyl (C=S) groups is 1. The fourth-order valence-corrected chi connectivity index (χ4v) is 2.52. The normalized spacial score (nSPS) is 16.7. The van der Waals surface area contributed by atoms with Gasteiger partial charge in [-0.3, -0.25) is 9.59 Å². The molecule has 0 spiro atoms. The largest absolute Gasteiger partial charge is 0.376 e. The third kappa shape index (κ3) is 5.28. The molecule has 3 N–H and O–H groups in total. The molecule has 1 saturated heterocycles. The summed E-state index contributed by atoms with van der Waals surface area (Å²) in [6, 6.07) is 7.03. The van der Waals surface area contributed by atoms with Crippen molar-refractivity contribution in [2.45, 2.75) is 32.8 Å². The Morgan fingerprint density at radius 3 is 2.75 bits per heavy atom. The van der Waals surface area contributed by atoms with Gasteiger partial charge in [-0.05, 0) is 37.2 Å². The molecule has 1 aromatic carbocycles. The first-order valence-corrected chi connectivity index (χ1v) is 8.49. The number of hydrogen-bond donors (Lipinski definition) is 3. The van der Waals surface area contributed by atoms with Crippen LogP contribution in [-0.4, -0.2) is 36.2 Å². The molecule has 0 aliphatic carbocycles. The Labute approximate surface area is 147 Å². The van der Waals surface area contributed by atoms with E-state index in [2.05, 4.69) is 16.0 Å². The van der Waals surface area contributed by atoms with Crippen molar-refractivity contribution in [3.8, 4) is 0 Å². The molecule has 2 rings (SSSR count). The average Bonchev–Trinajstić information content (AvgIpc) is 3.06. The van der Waals surface area contributed by atoms with Crippen LogP contribution in [0.15, 0.2) is 24.3 Å². The number of ether oxygens (including phenoxy) is 1. The molecule has 130 valence electrons. The molecule has 6 nitrogen and oxygen atoms in total. The maximum Gasteiger partial charge on any atom is 0.253 e. The van der Waals surface area contributed by atoms with Gasteiger partial charge in [-0.2, -0.15) is 0 Å². The molecular weight excluding hydrogens is 326 g/mol. The quantitative estimate of drug-likeness (QED) is 0.709. The molecule has 1 fully saturated rings. The van der Waals surface area contributed by atoms with E-state index in [1.807, 2.05) is 0 Å². The number of anilines is 1. The minimum Gasteiger partial charge on any atom is -0.376 e. The van der Waals surface area contributed by atoms with Gasteiger partial charge >= 0.3 is 0 Å². The molecule has 1 heterocycles. The Balaban J connectivity index is 1.96. The molecule has 0 radical (unpaired) electrons. The highest BCUT2D eigenvalue weighted by Gasteiger charge is 2.18. The van der Waals surface area contributed by atoms with Crippen LogP contribution < -0.4 is 16.0 Å². The van der Waals surface area contributed by atoms with E-state index < -0.39 is 0 Å². The first kappa shape index (κ1) is 18.4. The van der Waals surface area contributed by atoms with E-state index in [1.165, 1.54) is 0 Å². The van der Waals surface area contributed by atoms with Gasteiger partial charge in [0.25, 0.3) is 5.91 Å². The molecule has 7 heteroatoms. The summed E-state index contributed by atoms with van der Waals surface area (Å²) in [6.45, 7) is 4.80. The number of amides is 2. The zero-order chi connectivity index (χ0) is 17.5. The van der Waals surface area contributed by atoms with Crippen LogP contribution in [0.3, 0.4) is 0 Å². The Bertz CT molecular complexity index is 613. The first-order chi connectivity index (χ1) is 11.5. The number of hydrogen-bond acceptors (Lipinski definition) is 4. The molecule has 0 saturated carbocycles. The minimum absolute atomic E-state index is 0.0838. The van der Waals surface area contributed by atoms with E-state index in [0.717, 1.165) is 19.4 Å². The molecule has 1 aliphatic heterocycles. The van der Waals surface area contributed by atoms with Crippen LogP contribution in [0.4, 0.5) is 5.69 Å². The summed E-state index contributed by atoms with van der Waals surface area (Å²) >= 11 is 5.13. The molecule has 1 unspecified atom stereocenters. The summed E-state index contributed by atoms with van der Waals surface area (Å²) in [5.41, 5.74) is 1.02. The lowest BCUT2D eigenvalue weighted by atomic mass is 10.1. The van der Waals surface area contributed by atoms with E-state index in [0.29, 0.717) is 17.8 Å². The van der Waals surface area contributed by atoms with Gasteiger partial charge in [0.2, 0.25) is 5.91 Å². The zero-order valence-corrected chi connectivity index (χ0v) is 14.7. The van der Waals surface area contributed by atoms with Crippen LogP contribution in [0.5, 0.6) is 0 Å². The smallest absolute Gasteiger partial charge is 0.253 e. The number of nitrogens with one attached hydrogen (secondary N) is 3. The van der Waals surface area contributed by atoms with Crippen LogP contribution in [0.25, 0.3) is 0 Å². The van der Waals surface area contributed by atoms with Crippen molar-refractivity contribution in [2.24, 2.45) is 5.92 Å². The van der Waals surface area contributed by atoms with Gasteiger partial charge in [-0.1, -0.05) is 26.0 Å². The van der Waals surface area contributed by atoms with E-state index in [1.54, 1.807) is 38.1 Å². The molecule has 2 amide bonds. The maximum absolute atomic E-state index is 12.4. The zero-order valence-electron chi connectivity index (χ0n) is 13.9. The summed E-state index contributed by atoms with van der Waals surface area (Å²) < 4.78 is 5.50. The molecule has 1 aromatic rings. The number of para-hydroxylation sites is 1. The Hall–Kier alpha value is -1.99. The predicted octanol–water partition coefficient (Wildman–Crippen LogP) is 2.06. The lowest BCUT2D eigenvalue weighted by molar-refractivity contribution is -0.122. The van der Waals surface area contributed by atoms with Gasteiger partial charge in [-0.25, -0.2) is 0 Å². The summed E-state index contributed by atoms with van der Waals surface area (Å²) in [5.74, 6) is -0.547. The van der Waals surface area contributed by atoms with E-state index >= 15 is 0 Å². The summed E-state index contributed by atoms with van der Waals surface area (Å²) in [6.07, 6.45) is 2.08. The van der Waals surface area contributed by atoms with Crippen LogP contribution in [-0.2, 0) is 9.53 Å². The third-order valence-electron chi connectivity index (χ3n) is 3.70. The monoisotopic (exact) mass is 349 g/mol. The van der Waals surface area contributed by atoms with E-state index in [-0.39, 0.29) is 28.9 Å². The summed E-state index contributed by atoms with van der Waals surface area (Å²) in [5, 5.41) is 8.57. The van der Waals surface area contributed by atoms with Crippen molar-refractivity contribution < 1.29 is 14.3 Å². The number of carbonyl (C=O) groups excluding carboxylic acids is 2. The number of benzene rings is 1. The minimum atomic E-state index is -0.202. The molecular formula is C17H23N3O3S. The molecule has 24 heavy (non-hydrogen) atoms. The maximum atomic E-state index is 12.4. The second-order valence-electron chi connectivity index (χ2n) is 5.99. The van der Waals surface area contributed by atoms with Crippen molar-refractivity contribution >= 4 is 34.8 Å². The first-order valence-electron chi connectivity index (χ1n) is 8.08. The van der Waals surface area contributed by atoms with Gasteiger partial charge in [-0.15, -0.1) is 0 Å². The van der Waals surface area contributed by atoms with E-state index in [9.17, 15) is 9.59 Å². The van der Waals surface area contributed by atoms with Crippen LogP contribution in [0.1, 0.15) is 37.0 Å². The van der Waals surface area contributed by atoms with Crippen LogP contribution >= 0.6 is 12.2 Å². The van der Waals surface area contributed by atoms with Gasteiger partial charge in [0, 0.05) is 19.1 Å². The van der Waals surface area contributed by atoms with Gasteiger partial charge in [0.1, 0.15) is 0 Å². The lowest BCUT2D eigenvalue weighted by Crippen LogP contribution is -2.37. The number of rotatable bonds is 5. The topological polar surface area (TPSA) is 79.5 Å². The highest BCUT2D eigenvalue weighted by molar-refractivity contribution is 7.80. The van der Waals surface area contributed by atoms with Gasteiger partial charge in [0.15, 0.2) is 5.11 Å². The standard InChI is InChI=1S/C17H23N3O3S/c1-11(2)15(21)20-17(24)19-14-8-4-3-7-13(14)16(22)18-10-12-6-5-9-23-12/h3-4,7-8,11-12H,5-6,9-10H2,1-2H3,(H,18,22)(H2,19,20,21,24). The Kier molecular flexibility index (Phi) is 6.69. The Morgan fingerprint density at radius 2 is 2.08 bits per heavy atom. The van der Waals surface area contributed by atoms with Crippen molar-refractivity contribution in [1.29, 1.82) is 0 Å². The lowest BCUT2D eigenvalue weighted by Gasteiger charge is -2.15. The predicted molar refractivity (Wildman–Crippen MR) is 97.0 cm³/mol. The SMILES string of the molecule is CC(C)C(=O)NC(=S)Nc1ccccc1C(=O)NCC1CCCO1. The Morgan fingerprint density at radius 1 is 1.33 bits per heavy atom. The van der Waals surface area contributed by atoms with Crippen LogP contribution in [0.2, 0.25) is 0 Å². The molecule has 1 aliphatic rings. The van der Waals surface area contributed by atoms with E-state index in [4.69, 9.17) is 17.0 Å². The fraction of sp³-hybridized carbons (Fsp3) is 0.471. The second kappa shape index (κ2) is 8.75. The third-order valence-corrected chi connectivity index (χ3v) is 3.90. The summed E-state index contributed by atoms with van der Waals surface area (Å²) in [7, 11) is 0. The molecule has 1 atom stereocenters. The average molecular weight is 349 g/mol. The van der Waals surface area contributed by atoms with Crippen molar-refractivity contribution in [1.82, 2.24) is 10.6 Å². The number of carbonyl (C=O) groups is 2. The molecule has 0 bridgehead atoms. The van der Waals surface area contributed by atoms with Crippen molar-refractivity contribution in [2.75, 3.05) is 18.5 Å². The fourth-order valence-electron chi connectivity index (χ4n) is 2.31. The van der Waals surface area contributed by atoms with Gasteiger partial charge < -0.3 is 20.7 Å². The summed E-state index contributed by atoms with van der Waals surface area (Å²) in [4.78, 5) is 24.1. The second-order valence-corrected chi connectivity index (χ2v) is 6.40. The van der Waals surface area contributed by atoms with Crippen molar-refractivity contribution in [3.05, 3.63) is 29.8 Å². The molecule has 0 aromatic heterocycles.